The molecule has 1 heterocycles. The molecular weight excluding hydrogens is 410 g/mol. The summed E-state index contributed by atoms with van der Waals surface area (Å²) in [4.78, 5) is 24.0. The van der Waals surface area contributed by atoms with E-state index in [-0.39, 0.29) is 21.8 Å². The van der Waals surface area contributed by atoms with Gasteiger partial charge in [0.25, 0.3) is 21.8 Å². The van der Waals surface area contributed by atoms with Gasteiger partial charge in [-0.1, -0.05) is 6.07 Å². The van der Waals surface area contributed by atoms with Gasteiger partial charge in [0, 0.05) is 11.3 Å². The van der Waals surface area contributed by atoms with Crippen LogP contribution in [0.3, 0.4) is 0 Å². The highest BCUT2D eigenvalue weighted by molar-refractivity contribution is 7.92. The number of ether oxygens (including phenoxy) is 1. The average Bonchev–Trinajstić information content (AvgIpc) is 3.09. The van der Waals surface area contributed by atoms with Gasteiger partial charge in [-0.25, -0.2) is 8.42 Å². The molecule has 0 bridgehead atoms. The molecule has 2 aromatic carbocycles. The summed E-state index contributed by atoms with van der Waals surface area (Å²) in [6.07, 6.45) is 0. The SMILES string of the molecule is COc1ccc(NS(=O)(=O)c2cccc(C(=O)Nc3c(C(N)=O)n[nH]c3C)c2)cc1. The van der Waals surface area contributed by atoms with E-state index in [1.165, 1.54) is 31.4 Å². The first-order valence-corrected chi connectivity index (χ1v) is 10.1. The second-order valence-corrected chi connectivity index (χ2v) is 7.93. The molecule has 0 radical (unpaired) electrons. The van der Waals surface area contributed by atoms with Crippen molar-refractivity contribution in [3.63, 3.8) is 0 Å². The molecular formula is C19H19N5O5S. The van der Waals surface area contributed by atoms with Crippen LogP contribution in [0.5, 0.6) is 5.75 Å². The van der Waals surface area contributed by atoms with E-state index < -0.39 is 21.8 Å². The van der Waals surface area contributed by atoms with Gasteiger partial charge in [0.05, 0.1) is 23.4 Å². The number of carbonyl (C=O) groups is 2. The molecule has 5 N–H and O–H groups in total. The normalized spacial score (nSPS) is 11.0. The number of aromatic nitrogens is 2. The van der Waals surface area contributed by atoms with Crippen LogP contribution < -0.4 is 20.5 Å². The van der Waals surface area contributed by atoms with Gasteiger partial charge in [-0.05, 0) is 49.4 Å². The standard InChI is InChI=1S/C19H19N5O5S/c1-11-16(17(18(20)25)23-22-11)21-19(26)12-4-3-5-15(10-12)30(27,28)24-13-6-8-14(29-2)9-7-13/h3-10,24H,1-2H3,(H2,20,25)(H,21,26)(H,22,23). The number of amides is 2. The Morgan fingerprint density at radius 2 is 1.83 bits per heavy atom. The number of hydrogen-bond acceptors (Lipinski definition) is 6. The summed E-state index contributed by atoms with van der Waals surface area (Å²) in [5.41, 5.74) is 6.11. The maximum absolute atomic E-state index is 12.7. The van der Waals surface area contributed by atoms with Crippen molar-refractivity contribution >= 4 is 33.2 Å². The molecule has 0 aliphatic rings. The fourth-order valence-electron chi connectivity index (χ4n) is 2.62. The lowest BCUT2D eigenvalue weighted by Crippen LogP contribution is -2.19. The molecule has 1 aromatic heterocycles. The van der Waals surface area contributed by atoms with Crippen LogP contribution >= 0.6 is 0 Å². The Kier molecular flexibility index (Phi) is 5.74. The third-order valence-corrected chi connectivity index (χ3v) is 5.55. The number of anilines is 2. The minimum Gasteiger partial charge on any atom is -0.497 e. The van der Waals surface area contributed by atoms with E-state index in [0.717, 1.165) is 0 Å². The van der Waals surface area contributed by atoms with E-state index in [9.17, 15) is 18.0 Å². The van der Waals surface area contributed by atoms with Crippen LogP contribution in [0.1, 0.15) is 26.5 Å². The van der Waals surface area contributed by atoms with Crippen molar-refractivity contribution in [1.82, 2.24) is 10.2 Å². The molecule has 2 amide bonds. The number of H-pyrrole nitrogens is 1. The Morgan fingerprint density at radius 1 is 1.13 bits per heavy atom. The Hall–Kier alpha value is -3.86. The average molecular weight is 429 g/mol. The van der Waals surface area contributed by atoms with Crippen LogP contribution in [-0.2, 0) is 10.0 Å². The number of hydrogen-bond donors (Lipinski definition) is 4. The van der Waals surface area contributed by atoms with Gasteiger partial charge in [0.2, 0.25) is 0 Å². The van der Waals surface area contributed by atoms with Crippen LogP contribution in [0.25, 0.3) is 0 Å². The molecule has 0 spiro atoms. The summed E-state index contributed by atoms with van der Waals surface area (Å²) in [7, 11) is -2.44. The molecule has 11 heteroatoms. The van der Waals surface area contributed by atoms with Gasteiger partial charge in [-0.3, -0.25) is 19.4 Å². The zero-order valence-electron chi connectivity index (χ0n) is 16.1. The number of nitrogens with two attached hydrogens (primary N) is 1. The summed E-state index contributed by atoms with van der Waals surface area (Å²) < 4.78 is 32.9. The summed E-state index contributed by atoms with van der Waals surface area (Å²) in [6.45, 7) is 1.61. The lowest BCUT2D eigenvalue weighted by atomic mass is 10.2. The van der Waals surface area contributed by atoms with Crippen molar-refractivity contribution in [2.24, 2.45) is 5.73 Å². The highest BCUT2D eigenvalue weighted by Gasteiger charge is 2.20. The van der Waals surface area contributed by atoms with Crippen LogP contribution in [0.15, 0.2) is 53.4 Å². The molecule has 0 saturated carbocycles. The van der Waals surface area contributed by atoms with Crippen LogP contribution in [0.4, 0.5) is 11.4 Å². The Labute approximate surface area is 172 Å². The maximum atomic E-state index is 12.7. The third kappa shape index (κ3) is 4.41. The number of aromatic amines is 1. The molecule has 0 unspecified atom stereocenters. The zero-order valence-corrected chi connectivity index (χ0v) is 16.9. The first-order chi connectivity index (χ1) is 14.2. The fourth-order valence-corrected chi connectivity index (χ4v) is 3.73. The number of primary amides is 1. The topological polar surface area (TPSA) is 156 Å². The van der Waals surface area contributed by atoms with E-state index in [2.05, 4.69) is 20.2 Å². The van der Waals surface area contributed by atoms with Crippen molar-refractivity contribution in [3.05, 3.63) is 65.5 Å². The molecule has 0 aliphatic carbocycles. The van der Waals surface area contributed by atoms with Gasteiger partial charge < -0.3 is 15.8 Å². The predicted octanol–water partition coefficient (Wildman–Crippen LogP) is 1.88. The highest BCUT2D eigenvalue weighted by Crippen LogP contribution is 2.22. The van der Waals surface area contributed by atoms with Gasteiger partial charge >= 0.3 is 0 Å². The molecule has 30 heavy (non-hydrogen) atoms. The van der Waals surface area contributed by atoms with E-state index in [4.69, 9.17) is 10.5 Å². The monoisotopic (exact) mass is 429 g/mol. The Morgan fingerprint density at radius 3 is 2.47 bits per heavy atom. The van der Waals surface area contributed by atoms with E-state index >= 15 is 0 Å². The molecule has 0 saturated heterocycles. The molecule has 10 nitrogen and oxygen atoms in total. The second-order valence-electron chi connectivity index (χ2n) is 6.25. The lowest BCUT2D eigenvalue weighted by molar-refractivity contribution is 0.0996. The minimum atomic E-state index is -3.94. The molecule has 3 rings (SSSR count). The number of rotatable bonds is 7. The number of nitrogens with zero attached hydrogens (tertiary/aromatic N) is 1. The first-order valence-electron chi connectivity index (χ1n) is 8.64. The molecule has 0 aliphatic heterocycles. The molecule has 156 valence electrons. The molecule has 0 atom stereocenters. The van der Waals surface area contributed by atoms with Gasteiger partial charge in [-0.15, -0.1) is 0 Å². The quantitative estimate of drug-likeness (QED) is 0.449. The van der Waals surface area contributed by atoms with Crippen molar-refractivity contribution in [2.75, 3.05) is 17.1 Å². The first kappa shape index (κ1) is 20.9. The number of methoxy groups -OCH3 is 1. The van der Waals surface area contributed by atoms with Crippen molar-refractivity contribution in [1.29, 1.82) is 0 Å². The van der Waals surface area contributed by atoms with E-state index in [1.54, 1.807) is 31.2 Å². The maximum Gasteiger partial charge on any atom is 0.271 e. The number of carbonyl (C=O) groups excluding carboxylic acids is 2. The van der Waals surface area contributed by atoms with Gasteiger partial charge in [-0.2, -0.15) is 5.10 Å². The van der Waals surface area contributed by atoms with Crippen molar-refractivity contribution in [3.8, 4) is 5.75 Å². The van der Waals surface area contributed by atoms with E-state index in [0.29, 0.717) is 17.1 Å². The second kappa shape index (κ2) is 8.25. The summed E-state index contributed by atoms with van der Waals surface area (Å²) in [5.74, 6) is -0.848. The van der Waals surface area contributed by atoms with Gasteiger partial charge in [0.1, 0.15) is 5.75 Å². The van der Waals surface area contributed by atoms with Gasteiger partial charge in [0.15, 0.2) is 5.69 Å². The number of sulfonamides is 1. The van der Waals surface area contributed by atoms with Crippen molar-refractivity contribution in [2.45, 2.75) is 11.8 Å². The highest BCUT2D eigenvalue weighted by atomic mass is 32.2. The fraction of sp³-hybridized carbons (Fsp3) is 0.105. The van der Waals surface area contributed by atoms with Crippen molar-refractivity contribution < 1.29 is 22.7 Å². The van der Waals surface area contributed by atoms with Crippen LogP contribution in [0.2, 0.25) is 0 Å². The summed E-state index contributed by atoms with van der Waals surface area (Å²) >= 11 is 0. The molecule has 3 aromatic rings. The predicted molar refractivity (Wildman–Crippen MR) is 110 cm³/mol. The zero-order chi connectivity index (χ0) is 21.9. The number of nitrogens with one attached hydrogen (secondary N) is 3. The van der Waals surface area contributed by atoms with Crippen LogP contribution in [0, 0.1) is 6.92 Å². The number of aryl methyl sites for hydroxylation is 1. The summed E-state index contributed by atoms with van der Waals surface area (Å²) in [5, 5.41) is 8.85. The Balaban J connectivity index is 1.83. The Bertz CT molecular complexity index is 1200. The minimum absolute atomic E-state index is 0.0728. The van der Waals surface area contributed by atoms with E-state index in [1.807, 2.05) is 0 Å². The summed E-state index contributed by atoms with van der Waals surface area (Å²) in [6, 6.07) is 11.8. The molecule has 0 fully saturated rings. The largest absolute Gasteiger partial charge is 0.497 e. The smallest absolute Gasteiger partial charge is 0.271 e. The van der Waals surface area contributed by atoms with Crippen LogP contribution in [-0.4, -0.2) is 37.5 Å². The lowest BCUT2D eigenvalue weighted by Gasteiger charge is -2.10. The number of benzene rings is 2. The third-order valence-electron chi connectivity index (χ3n) is 4.17.